The number of allylic oxidation sites excluding steroid dienone is 1. The molecule has 0 spiro atoms. The zero-order valence-corrected chi connectivity index (χ0v) is 23.3. The Bertz CT molecular complexity index is 892. The van der Waals surface area contributed by atoms with Gasteiger partial charge in [-0.15, -0.1) is 0 Å². The molecule has 1 saturated heterocycles. The Morgan fingerprint density at radius 3 is 2.46 bits per heavy atom. The minimum atomic E-state index is -1.93. The van der Waals surface area contributed by atoms with Gasteiger partial charge in [0.1, 0.15) is 18.3 Å². The lowest BCUT2D eigenvalue weighted by molar-refractivity contribution is -0.288. The van der Waals surface area contributed by atoms with Gasteiger partial charge in [0.2, 0.25) is 5.91 Å². The topological polar surface area (TPSA) is 179 Å². The summed E-state index contributed by atoms with van der Waals surface area (Å²) in [6.45, 7) is 4.43. The third-order valence-corrected chi connectivity index (χ3v) is 6.82. The van der Waals surface area contributed by atoms with Gasteiger partial charge in [0.25, 0.3) is 0 Å². The Morgan fingerprint density at radius 1 is 1.15 bits per heavy atom. The second-order valence-electron chi connectivity index (χ2n) is 9.81. The number of alkyl halides is 1. The highest BCUT2D eigenvalue weighted by Crippen LogP contribution is 2.26. The average Bonchev–Trinajstić information content (AvgIpc) is 2.92. The SMILES string of the molecule is CC(C)/C(NN)=C(/COC1OC(CO)C(F)C(O)C1O)Cc1ccc(CCCC(=O)NCCCNSO)cc1. The van der Waals surface area contributed by atoms with E-state index in [1.54, 1.807) is 0 Å². The van der Waals surface area contributed by atoms with Gasteiger partial charge in [-0.2, -0.15) is 0 Å². The summed E-state index contributed by atoms with van der Waals surface area (Å²) in [5.41, 5.74) is 6.34. The van der Waals surface area contributed by atoms with E-state index in [2.05, 4.69) is 15.5 Å². The first-order chi connectivity index (χ1) is 18.7. The van der Waals surface area contributed by atoms with E-state index in [1.165, 1.54) is 0 Å². The maximum atomic E-state index is 14.1. The molecule has 1 aromatic rings. The minimum absolute atomic E-state index is 0.000442. The van der Waals surface area contributed by atoms with Crippen LogP contribution in [0.2, 0.25) is 0 Å². The van der Waals surface area contributed by atoms with Crippen LogP contribution in [0.25, 0.3) is 0 Å². The third-order valence-electron chi connectivity index (χ3n) is 6.49. The van der Waals surface area contributed by atoms with Crippen molar-refractivity contribution in [1.82, 2.24) is 15.5 Å². The van der Waals surface area contributed by atoms with Crippen LogP contribution >= 0.6 is 12.2 Å². The van der Waals surface area contributed by atoms with Crippen LogP contribution in [-0.2, 0) is 27.1 Å². The lowest BCUT2D eigenvalue weighted by Crippen LogP contribution is -2.57. The molecule has 2 rings (SSSR count). The molecule has 0 aromatic heterocycles. The number of aryl methyl sites for hydroxylation is 1. The third kappa shape index (κ3) is 10.9. The van der Waals surface area contributed by atoms with Crippen molar-refractivity contribution in [2.75, 3.05) is 26.3 Å². The molecule has 1 amide bonds. The second-order valence-corrected chi connectivity index (χ2v) is 10.3. The molecule has 39 heavy (non-hydrogen) atoms. The number of hydrogen-bond acceptors (Lipinski definition) is 11. The molecule has 1 heterocycles. The maximum absolute atomic E-state index is 14.1. The Kier molecular flexibility index (Phi) is 15.2. The average molecular weight is 575 g/mol. The molecule has 5 atom stereocenters. The Balaban J connectivity index is 1.94. The largest absolute Gasteiger partial charge is 0.394 e. The van der Waals surface area contributed by atoms with Gasteiger partial charge in [-0.3, -0.25) is 10.6 Å². The number of ether oxygens (including phenoxy) is 2. The molecule has 1 aliphatic heterocycles. The Morgan fingerprint density at radius 2 is 1.85 bits per heavy atom. The number of nitrogens with one attached hydrogen (secondary N) is 3. The quantitative estimate of drug-likeness (QED) is 0.0436. The first-order valence-electron chi connectivity index (χ1n) is 13.2. The molecular weight excluding hydrogens is 531 g/mol. The summed E-state index contributed by atoms with van der Waals surface area (Å²) in [7, 11) is 0. The van der Waals surface area contributed by atoms with E-state index in [1.807, 2.05) is 38.1 Å². The van der Waals surface area contributed by atoms with Crippen LogP contribution in [0.5, 0.6) is 0 Å². The zero-order valence-electron chi connectivity index (χ0n) is 22.5. The van der Waals surface area contributed by atoms with E-state index in [0.29, 0.717) is 44.6 Å². The summed E-state index contributed by atoms with van der Waals surface area (Å²) in [5.74, 6) is 5.82. The molecular formula is C26H43FN4O7S. The van der Waals surface area contributed by atoms with Crippen molar-refractivity contribution in [2.45, 2.75) is 76.7 Å². The fourth-order valence-corrected chi connectivity index (χ4v) is 4.54. The van der Waals surface area contributed by atoms with Crippen molar-refractivity contribution in [3.8, 4) is 0 Å². The summed E-state index contributed by atoms with van der Waals surface area (Å²) in [6.07, 6.45) is -4.78. The fourth-order valence-electron chi connectivity index (χ4n) is 4.31. The predicted octanol–water partition coefficient (Wildman–Crippen LogP) is 0.936. The van der Waals surface area contributed by atoms with Crippen LogP contribution in [0.15, 0.2) is 35.5 Å². The van der Waals surface area contributed by atoms with Gasteiger partial charge in [0, 0.05) is 25.2 Å². The summed E-state index contributed by atoms with van der Waals surface area (Å²) in [4.78, 5) is 12.0. The van der Waals surface area contributed by atoms with Crippen LogP contribution in [-0.4, -0.2) is 82.9 Å². The highest BCUT2D eigenvalue weighted by molar-refractivity contribution is 7.91. The molecule has 5 unspecified atom stereocenters. The van der Waals surface area contributed by atoms with Gasteiger partial charge in [-0.1, -0.05) is 38.1 Å². The molecule has 1 aliphatic rings. The Labute approximate surface area is 233 Å². The van der Waals surface area contributed by atoms with Gasteiger partial charge < -0.3 is 40.1 Å². The number of hydrogen-bond donors (Lipinski definition) is 8. The number of aliphatic hydroxyl groups is 3. The summed E-state index contributed by atoms with van der Waals surface area (Å²) in [6, 6.07) is 7.99. The van der Waals surface area contributed by atoms with Crippen LogP contribution < -0.4 is 21.3 Å². The van der Waals surface area contributed by atoms with E-state index < -0.39 is 37.4 Å². The molecule has 1 aromatic carbocycles. The monoisotopic (exact) mass is 574 g/mol. The standard InChI is InChI=1S/C26H43FN4O7S/c1-16(2)23(31-28)19(15-37-26-25(35)24(34)22(27)20(14-32)38-26)13-18-9-7-17(8-10-18)5-3-6-21(33)29-11-4-12-30-39-36/h7-10,16,20,22,24-26,30-32,34-36H,3-6,11-15,28H2,1-2H3,(H,29,33)/b23-19-. The van der Waals surface area contributed by atoms with Gasteiger partial charge in [0.15, 0.2) is 12.5 Å². The lowest BCUT2D eigenvalue weighted by Gasteiger charge is -2.38. The van der Waals surface area contributed by atoms with E-state index in [0.717, 1.165) is 35.2 Å². The number of aliphatic hydroxyl groups excluding tert-OH is 3. The molecule has 0 saturated carbocycles. The summed E-state index contributed by atoms with van der Waals surface area (Å²) >= 11 is 0.567. The molecule has 1 fully saturated rings. The van der Waals surface area contributed by atoms with Gasteiger partial charge >= 0.3 is 0 Å². The number of benzene rings is 1. The number of carbonyl (C=O) groups is 1. The number of halogens is 1. The number of amides is 1. The number of nitrogens with two attached hydrogens (primary N) is 1. The minimum Gasteiger partial charge on any atom is -0.394 e. The lowest BCUT2D eigenvalue weighted by atomic mass is 9.97. The van der Waals surface area contributed by atoms with E-state index in [9.17, 15) is 24.5 Å². The van der Waals surface area contributed by atoms with Gasteiger partial charge in [-0.05, 0) is 48.3 Å². The molecule has 11 nitrogen and oxygen atoms in total. The summed E-state index contributed by atoms with van der Waals surface area (Å²) < 4.78 is 36.4. The zero-order chi connectivity index (χ0) is 28.8. The van der Waals surface area contributed by atoms with Crippen LogP contribution in [0.3, 0.4) is 0 Å². The van der Waals surface area contributed by atoms with Crippen LogP contribution in [0, 0.1) is 5.92 Å². The van der Waals surface area contributed by atoms with Crippen LogP contribution in [0.1, 0.15) is 44.2 Å². The van der Waals surface area contributed by atoms with E-state index >= 15 is 0 Å². The fraction of sp³-hybridized carbons (Fsp3) is 0.654. The highest BCUT2D eigenvalue weighted by Gasteiger charge is 2.45. The van der Waals surface area contributed by atoms with Crippen LogP contribution in [0.4, 0.5) is 4.39 Å². The van der Waals surface area contributed by atoms with Gasteiger partial charge in [0.05, 0.1) is 25.4 Å². The number of rotatable bonds is 17. The first kappa shape index (κ1) is 33.4. The summed E-state index contributed by atoms with van der Waals surface area (Å²) in [5, 5.41) is 32.4. The first-order valence-corrected chi connectivity index (χ1v) is 13.9. The van der Waals surface area contributed by atoms with Crippen molar-refractivity contribution < 1.29 is 38.5 Å². The van der Waals surface area contributed by atoms with Gasteiger partial charge in [-0.25, -0.2) is 9.11 Å². The molecule has 0 aliphatic carbocycles. The van der Waals surface area contributed by atoms with Crippen molar-refractivity contribution >= 4 is 18.1 Å². The molecule has 9 N–H and O–H groups in total. The van der Waals surface area contributed by atoms with Crippen molar-refractivity contribution in [1.29, 1.82) is 0 Å². The number of carbonyl (C=O) groups excluding carboxylic acids is 1. The predicted molar refractivity (Wildman–Crippen MR) is 147 cm³/mol. The van der Waals surface area contributed by atoms with E-state index in [4.69, 9.17) is 19.9 Å². The highest BCUT2D eigenvalue weighted by atomic mass is 32.2. The maximum Gasteiger partial charge on any atom is 0.220 e. The van der Waals surface area contributed by atoms with Crippen molar-refractivity contribution in [3.05, 3.63) is 46.7 Å². The van der Waals surface area contributed by atoms with Crippen molar-refractivity contribution in [3.63, 3.8) is 0 Å². The number of hydrazine groups is 1. The molecule has 13 heteroatoms. The smallest absolute Gasteiger partial charge is 0.220 e. The molecule has 222 valence electrons. The normalized spacial score (nSPS) is 24.0. The Hall–Kier alpha value is -1.81. The second kappa shape index (κ2) is 17.8. The molecule has 0 radical (unpaired) electrons. The van der Waals surface area contributed by atoms with Crippen molar-refractivity contribution in [2.24, 2.45) is 11.8 Å². The molecule has 0 bridgehead atoms. The van der Waals surface area contributed by atoms with E-state index in [-0.39, 0.29) is 18.4 Å².